The van der Waals surface area contributed by atoms with Crippen LogP contribution in [0.1, 0.15) is 20.9 Å². The van der Waals surface area contributed by atoms with Gasteiger partial charge in [-0.2, -0.15) is 5.10 Å². The average Bonchev–Trinajstić information content (AvgIpc) is 3.35. The second-order valence-corrected chi connectivity index (χ2v) is 8.89. The van der Waals surface area contributed by atoms with Crippen molar-refractivity contribution in [3.63, 3.8) is 0 Å². The number of rotatable bonds is 4. The fourth-order valence-electron chi connectivity index (χ4n) is 4.09. The molecule has 0 aliphatic carbocycles. The first-order chi connectivity index (χ1) is 15.1. The number of phenols is 1. The van der Waals surface area contributed by atoms with Crippen LogP contribution in [0.5, 0.6) is 5.75 Å². The molecule has 0 spiro atoms. The Kier molecular flexibility index (Phi) is 5.11. The van der Waals surface area contributed by atoms with Gasteiger partial charge in [0.05, 0.1) is 17.1 Å². The number of carbonyl (C=O) groups is 1. The van der Waals surface area contributed by atoms with Crippen molar-refractivity contribution < 1.29 is 9.90 Å². The maximum atomic E-state index is 13.2. The Labute approximate surface area is 184 Å². The molecular weight excluding hydrogens is 408 g/mol. The van der Waals surface area contributed by atoms with E-state index in [9.17, 15) is 9.90 Å². The number of aryl methyl sites for hydroxylation is 1. The summed E-state index contributed by atoms with van der Waals surface area (Å²) in [5.41, 5.74) is 3.14. The lowest BCUT2D eigenvalue weighted by Gasteiger charge is -2.36. The van der Waals surface area contributed by atoms with Crippen LogP contribution in [0, 0.1) is 6.92 Å². The van der Waals surface area contributed by atoms with E-state index in [0.717, 1.165) is 39.6 Å². The Morgan fingerprint density at radius 1 is 1.03 bits per heavy atom. The first-order valence-electron chi connectivity index (χ1n) is 10.4. The van der Waals surface area contributed by atoms with Gasteiger partial charge in [0, 0.05) is 43.3 Å². The van der Waals surface area contributed by atoms with E-state index < -0.39 is 0 Å². The molecular formula is C24H24N4O2S. The molecule has 2 aromatic carbocycles. The Balaban J connectivity index is 1.32. The van der Waals surface area contributed by atoms with Gasteiger partial charge < -0.3 is 14.9 Å². The standard InChI is InChI=1S/C24H24N4O2S/c1-17-21-15-22(31-24(21)28(25-17)16-18-6-3-2-4-7-18)23(30)27-12-10-26(11-13-27)19-8-5-9-20(29)14-19/h2-9,14-15,29H,10-13,16H2,1H3. The number of carbonyl (C=O) groups excluding carboxylic acids is 1. The van der Waals surface area contributed by atoms with Gasteiger partial charge in [-0.05, 0) is 30.7 Å². The largest absolute Gasteiger partial charge is 0.508 e. The van der Waals surface area contributed by atoms with Gasteiger partial charge in [0.2, 0.25) is 0 Å². The minimum absolute atomic E-state index is 0.0856. The lowest BCUT2D eigenvalue weighted by atomic mass is 10.2. The molecule has 1 saturated heterocycles. The number of thiophene rings is 1. The Morgan fingerprint density at radius 3 is 2.55 bits per heavy atom. The summed E-state index contributed by atoms with van der Waals surface area (Å²) < 4.78 is 2.00. The maximum Gasteiger partial charge on any atom is 0.264 e. The van der Waals surface area contributed by atoms with Crippen molar-refractivity contribution in [1.82, 2.24) is 14.7 Å². The number of piperazine rings is 1. The van der Waals surface area contributed by atoms with E-state index in [1.54, 1.807) is 12.1 Å². The first kappa shape index (κ1) is 19.6. The van der Waals surface area contributed by atoms with Gasteiger partial charge in [0.25, 0.3) is 5.91 Å². The molecule has 31 heavy (non-hydrogen) atoms. The maximum absolute atomic E-state index is 13.2. The molecule has 6 nitrogen and oxygen atoms in total. The summed E-state index contributed by atoms with van der Waals surface area (Å²) >= 11 is 1.53. The number of anilines is 1. The topological polar surface area (TPSA) is 61.6 Å². The minimum atomic E-state index is 0.0856. The number of nitrogens with zero attached hydrogens (tertiary/aromatic N) is 4. The van der Waals surface area contributed by atoms with Gasteiger partial charge in [-0.1, -0.05) is 36.4 Å². The smallest absolute Gasteiger partial charge is 0.264 e. The van der Waals surface area contributed by atoms with Crippen LogP contribution >= 0.6 is 11.3 Å². The summed E-state index contributed by atoms with van der Waals surface area (Å²) in [7, 11) is 0. The van der Waals surface area contributed by atoms with Crippen molar-refractivity contribution in [2.45, 2.75) is 13.5 Å². The van der Waals surface area contributed by atoms with E-state index in [0.29, 0.717) is 19.6 Å². The van der Waals surface area contributed by atoms with E-state index >= 15 is 0 Å². The van der Waals surface area contributed by atoms with Gasteiger partial charge in [0.1, 0.15) is 10.6 Å². The molecule has 1 aliphatic rings. The third-order valence-corrected chi connectivity index (χ3v) is 6.89. The van der Waals surface area contributed by atoms with Crippen LogP contribution in [-0.2, 0) is 6.54 Å². The first-order valence-corrected chi connectivity index (χ1v) is 11.2. The Hall–Kier alpha value is -3.32. The van der Waals surface area contributed by atoms with E-state index in [-0.39, 0.29) is 11.7 Å². The molecule has 0 radical (unpaired) electrons. The highest BCUT2D eigenvalue weighted by molar-refractivity contribution is 7.20. The van der Waals surface area contributed by atoms with Gasteiger partial charge in [-0.15, -0.1) is 11.3 Å². The predicted octanol–water partition coefficient (Wildman–Crippen LogP) is 4.12. The molecule has 2 aromatic heterocycles. The van der Waals surface area contributed by atoms with Gasteiger partial charge in [0.15, 0.2) is 0 Å². The highest BCUT2D eigenvalue weighted by atomic mass is 32.1. The van der Waals surface area contributed by atoms with Crippen molar-refractivity contribution in [3.05, 3.63) is 76.8 Å². The molecule has 0 saturated carbocycles. The van der Waals surface area contributed by atoms with Gasteiger partial charge in [-0.3, -0.25) is 9.48 Å². The number of phenolic OH excluding ortho intramolecular Hbond substituents is 1. The van der Waals surface area contributed by atoms with Crippen LogP contribution < -0.4 is 4.90 Å². The molecule has 0 atom stereocenters. The Morgan fingerprint density at radius 2 is 1.81 bits per heavy atom. The molecule has 1 fully saturated rings. The molecule has 0 bridgehead atoms. The van der Waals surface area contributed by atoms with E-state index in [2.05, 4.69) is 22.1 Å². The van der Waals surface area contributed by atoms with Crippen LogP contribution in [0.4, 0.5) is 5.69 Å². The summed E-state index contributed by atoms with van der Waals surface area (Å²) in [6.45, 7) is 5.53. The lowest BCUT2D eigenvalue weighted by molar-refractivity contribution is 0.0751. The number of aromatic nitrogens is 2. The zero-order valence-electron chi connectivity index (χ0n) is 17.4. The monoisotopic (exact) mass is 432 g/mol. The molecule has 3 heterocycles. The number of amides is 1. The molecule has 0 unspecified atom stereocenters. The summed E-state index contributed by atoms with van der Waals surface area (Å²) in [4.78, 5) is 19.1. The summed E-state index contributed by atoms with van der Waals surface area (Å²) in [5, 5.41) is 15.5. The van der Waals surface area contributed by atoms with Crippen molar-refractivity contribution in [2.24, 2.45) is 0 Å². The van der Waals surface area contributed by atoms with Crippen LogP contribution in [0.15, 0.2) is 60.7 Å². The van der Waals surface area contributed by atoms with Crippen molar-refractivity contribution >= 4 is 33.1 Å². The highest BCUT2D eigenvalue weighted by Gasteiger charge is 2.25. The molecule has 158 valence electrons. The van der Waals surface area contributed by atoms with Crippen LogP contribution in [0.2, 0.25) is 0 Å². The van der Waals surface area contributed by atoms with Crippen LogP contribution in [0.3, 0.4) is 0 Å². The normalized spacial score (nSPS) is 14.4. The molecule has 7 heteroatoms. The molecule has 1 N–H and O–H groups in total. The summed E-state index contributed by atoms with van der Waals surface area (Å²) in [6, 6.07) is 19.5. The lowest BCUT2D eigenvalue weighted by Crippen LogP contribution is -2.48. The molecule has 1 aliphatic heterocycles. The summed E-state index contributed by atoms with van der Waals surface area (Å²) in [5.74, 6) is 0.351. The average molecular weight is 433 g/mol. The van der Waals surface area contributed by atoms with Crippen LogP contribution in [-0.4, -0.2) is 51.9 Å². The van der Waals surface area contributed by atoms with Gasteiger partial charge in [-0.25, -0.2) is 0 Å². The second kappa shape index (κ2) is 8.07. The minimum Gasteiger partial charge on any atom is -0.508 e. The van der Waals surface area contributed by atoms with E-state index in [1.165, 1.54) is 16.9 Å². The zero-order valence-corrected chi connectivity index (χ0v) is 18.2. The Bertz CT molecular complexity index is 1220. The highest BCUT2D eigenvalue weighted by Crippen LogP contribution is 2.30. The van der Waals surface area contributed by atoms with Crippen molar-refractivity contribution in [1.29, 1.82) is 0 Å². The summed E-state index contributed by atoms with van der Waals surface area (Å²) in [6.07, 6.45) is 0. The third-order valence-electron chi connectivity index (χ3n) is 5.76. The third kappa shape index (κ3) is 3.88. The van der Waals surface area contributed by atoms with Crippen molar-refractivity contribution in [3.8, 4) is 5.75 Å². The number of hydrogen-bond donors (Lipinski definition) is 1. The predicted molar refractivity (Wildman–Crippen MR) is 124 cm³/mol. The fourth-order valence-corrected chi connectivity index (χ4v) is 5.22. The van der Waals surface area contributed by atoms with Crippen LogP contribution in [0.25, 0.3) is 10.2 Å². The SMILES string of the molecule is Cc1nn(Cc2ccccc2)c2sc(C(=O)N3CCN(c4cccc(O)c4)CC3)cc12. The van der Waals surface area contributed by atoms with E-state index in [1.807, 2.05) is 52.9 Å². The number of benzene rings is 2. The number of aromatic hydroxyl groups is 1. The number of fused-ring (bicyclic) bond motifs is 1. The van der Waals surface area contributed by atoms with E-state index in [4.69, 9.17) is 0 Å². The van der Waals surface area contributed by atoms with Crippen molar-refractivity contribution in [2.75, 3.05) is 31.1 Å². The quantitative estimate of drug-likeness (QED) is 0.527. The molecule has 5 rings (SSSR count). The fraction of sp³-hybridized carbons (Fsp3) is 0.250. The molecule has 1 amide bonds. The number of hydrogen-bond acceptors (Lipinski definition) is 5. The van der Waals surface area contributed by atoms with Gasteiger partial charge >= 0.3 is 0 Å². The zero-order chi connectivity index (χ0) is 21.4. The molecule has 4 aromatic rings. The second-order valence-electron chi connectivity index (χ2n) is 7.86.